The van der Waals surface area contributed by atoms with E-state index < -0.39 is 0 Å². The first-order valence-corrected chi connectivity index (χ1v) is 8.62. The molecule has 0 amide bonds. The third-order valence-electron chi connectivity index (χ3n) is 3.68. The summed E-state index contributed by atoms with van der Waals surface area (Å²) in [5.41, 5.74) is 9.12. The van der Waals surface area contributed by atoms with Gasteiger partial charge in [-0.05, 0) is 56.0 Å². The highest BCUT2D eigenvalue weighted by Gasteiger charge is 2.06. The highest BCUT2D eigenvalue weighted by Crippen LogP contribution is 2.09. The molecule has 0 saturated heterocycles. The molecule has 2 aromatic carbocycles. The molecule has 0 aliphatic carbocycles. The largest absolute Gasteiger partial charge is 0.466 e. The molecule has 0 spiro atoms. The topological polar surface area (TPSA) is 78.6 Å². The van der Waals surface area contributed by atoms with E-state index in [1.165, 1.54) is 12.7 Å². The van der Waals surface area contributed by atoms with Crippen LogP contribution in [-0.2, 0) is 20.7 Å². The van der Waals surface area contributed by atoms with Crippen molar-refractivity contribution in [1.29, 1.82) is 0 Å². The van der Waals surface area contributed by atoms with Gasteiger partial charge in [-0.2, -0.15) is 0 Å². The van der Waals surface area contributed by atoms with Crippen LogP contribution in [0.2, 0.25) is 0 Å². The molecule has 5 nitrogen and oxygen atoms in total. The first-order valence-electron chi connectivity index (χ1n) is 8.62. The number of methoxy groups -OCH3 is 1. The van der Waals surface area contributed by atoms with Crippen LogP contribution in [0.15, 0.2) is 48.5 Å². The van der Waals surface area contributed by atoms with E-state index in [2.05, 4.69) is 4.74 Å². The zero-order valence-electron chi connectivity index (χ0n) is 15.7. The number of anilines is 1. The summed E-state index contributed by atoms with van der Waals surface area (Å²) in [7, 11) is 1.38. The van der Waals surface area contributed by atoms with E-state index in [4.69, 9.17) is 10.5 Å². The number of hydrogen-bond donors (Lipinski definition) is 1. The van der Waals surface area contributed by atoms with Crippen LogP contribution in [-0.4, -0.2) is 25.7 Å². The lowest BCUT2D eigenvalue weighted by molar-refractivity contribution is -0.143. The van der Waals surface area contributed by atoms with Gasteiger partial charge in [0.2, 0.25) is 0 Å². The molecule has 0 fully saturated rings. The highest BCUT2D eigenvalue weighted by atomic mass is 16.5. The van der Waals surface area contributed by atoms with Gasteiger partial charge in [-0.15, -0.1) is 0 Å². The summed E-state index contributed by atoms with van der Waals surface area (Å²) in [5.74, 6) is -0.393. The van der Waals surface area contributed by atoms with Gasteiger partial charge in [-0.3, -0.25) is 4.79 Å². The Kier molecular flexibility index (Phi) is 9.54. The molecule has 0 aromatic heterocycles. The molecule has 0 radical (unpaired) electrons. The Balaban J connectivity index is 0.000000273. The summed E-state index contributed by atoms with van der Waals surface area (Å²) in [6, 6.07) is 15.1. The normalized spacial score (nSPS) is 9.65. The van der Waals surface area contributed by atoms with Crippen LogP contribution >= 0.6 is 0 Å². The number of carbonyl (C=O) groups is 2. The second-order valence-electron chi connectivity index (χ2n) is 5.71. The van der Waals surface area contributed by atoms with Crippen LogP contribution in [0, 0.1) is 6.92 Å². The first-order chi connectivity index (χ1) is 12.5. The zero-order valence-corrected chi connectivity index (χ0v) is 15.7. The average Bonchev–Trinajstić information content (AvgIpc) is 2.64. The molecule has 2 rings (SSSR count). The van der Waals surface area contributed by atoms with Crippen LogP contribution in [0.4, 0.5) is 5.69 Å². The van der Waals surface area contributed by atoms with Crippen molar-refractivity contribution in [2.45, 2.75) is 33.1 Å². The molecule has 5 heteroatoms. The predicted molar refractivity (Wildman–Crippen MR) is 103 cm³/mol. The van der Waals surface area contributed by atoms with Crippen molar-refractivity contribution >= 4 is 17.6 Å². The Hall–Kier alpha value is -2.82. The molecule has 2 N–H and O–H groups in total. The molecule has 0 aliphatic heterocycles. The van der Waals surface area contributed by atoms with Crippen LogP contribution in [0.25, 0.3) is 0 Å². The van der Waals surface area contributed by atoms with Crippen molar-refractivity contribution in [1.82, 2.24) is 0 Å². The molecule has 0 saturated carbocycles. The molecule has 0 atom stereocenters. The van der Waals surface area contributed by atoms with Crippen LogP contribution in [0.5, 0.6) is 0 Å². The summed E-state index contributed by atoms with van der Waals surface area (Å²) in [4.78, 5) is 22.1. The average molecular weight is 357 g/mol. The molecule has 0 aliphatic rings. The summed E-state index contributed by atoms with van der Waals surface area (Å²) < 4.78 is 9.42. The molecule has 140 valence electrons. The number of carbonyl (C=O) groups excluding carboxylic acids is 2. The molecule has 0 unspecified atom stereocenters. The predicted octanol–water partition coefficient (Wildman–Crippen LogP) is 3.94. The maximum Gasteiger partial charge on any atom is 0.338 e. The van der Waals surface area contributed by atoms with Crippen molar-refractivity contribution in [3.63, 3.8) is 0 Å². The standard InChI is InChI=1S/C12H17NO2.C9H10O2/c1-2-15-12(14)5-3-4-10-6-8-11(13)9-7-10;1-7-5-3-4-6-8(7)9(10)11-2/h6-9H,2-5,13H2,1H3;3-6H,1-2H3. The Bertz CT molecular complexity index is 695. The van der Waals surface area contributed by atoms with Gasteiger partial charge in [0.15, 0.2) is 0 Å². The molecule has 26 heavy (non-hydrogen) atoms. The fraction of sp³-hybridized carbons (Fsp3) is 0.333. The molecular formula is C21H27NO4. The van der Waals surface area contributed by atoms with Crippen molar-refractivity contribution in [2.75, 3.05) is 19.5 Å². The minimum atomic E-state index is -0.275. The molecular weight excluding hydrogens is 330 g/mol. The summed E-state index contributed by atoms with van der Waals surface area (Å²) in [6.07, 6.45) is 2.19. The van der Waals surface area contributed by atoms with Crippen molar-refractivity contribution in [3.8, 4) is 0 Å². The SMILES string of the molecule is CCOC(=O)CCCc1ccc(N)cc1.COC(=O)c1ccccc1C. The molecule has 2 aromatic rings. The van der Waals surface area contributed by atoms with Gasteiger partial charge in [0.1, 0.15) is 0 Å². The van der Waals surface area contributed by atoms with E-state index in [0.717, 1.165) is 24.1 Å². The Labute approximate surface area is 155 Å². The Morgan fingerprint density at radius 2 is 1.69 bits per heavy atom. The van der Waals surface area contributed by atoms with E-state index >= 15 is 0 Å². The van der Waals surface area contributed by atoms with Gasteiger partial charge < -0.3 is 15.2 Å². The lowest BCUT2D eigenvalue weighted by Crippen LogP contribution is -2.03. The van der Waals surface area contributed by atoms with Crippen LogP contribution < -0.4 is 5.73 Å². The summed E-state index contributed by atoms with van der Waals surface area (Å²) in [5, 5.41) is 0. The number of hydrogen-bond acceptors (Lipinski definition) is 5. The van der Waals surface area contributed by atoms with Crippen LogP contribution in [0.1, 0.15) is 41.3 Å². The smallest absolute Gasteiger partial charge is 0.338 e. The maximum absolute atomic E-state index is 11.0. The van der Waals surface area contributed by atoms with Crippen molar-refractivity contribution in [3.05, 3.63) is 65.2 Å². The second kappa shape index (κ2) is 11.7. The van der Waals surface area contributed by atoms with Gasteiger partial charge in [-0.1, -0.05) is 30.3 Å². The summed E-state index contributed by atoms with van der Waals surface area (Å²) in [6.45, 7) is 4.16. The van der Waals surface area contributed by atoms with E-state index in [1.54, 1.807) is 6.07 Å². The second-order valence-corrected chi connectivity index (χ2v) is 5.71. The Morgan fingerprint density at radius 1 is 1.04 bits per heavy atom. The number of benzene rings is 2. The minimum Gasteiger partial charge on any atom is -0.466 e. The maximum atomic E-state index is 11.0. The Morgan fingerprint density at radius 3 is 2.27 bits per heavy atom. The van der Waals surface area contributed by atoms with E-state index in [9.17, 15) is 9.59 Å². The van der Waals surface area contributed by atoms with Gasteiger partial charge in [-0.25, -0.2) is 4.79 Å². The number of aryl methyl sites for hydroxylation is 2. The fourth-order valence-corrected chi connectivity index (χ4v) is 2.27. The monoisotopic (exact) mass is 357 g/mol. The van der Waals surface area contributed by atoms with E-state index in [-0.39, 0.29) is 11.9 Å². The van der Waals surface area contributed by atoms with Gasteiger partial charge in [0, 0.05) is 12.1 Å². The highest BCUT2D eigenvalue weighted by molar-refractivity contribution is 5.90. The van der Waals surface area contributed by atoms with Crippen molar-refractivity contribution in [2.24, 2.45) is 0 Å². The van der Waals surface area contributed by atoms with E-state index in [1.807, 2.05) is 56.3 Å². The lowest BCUT2D eigenvalue weighted by atomic mass is 10.1. The quantitative estimate of drug-likeness (QED) is 0.626. The van der Waals surface area contributed by atoms with E-state index in [0.29, 0.717) is 18.6 Å². The first kappa shape index (κ1) is 21.2. The number of nitrogen functional groups attached to an aromatic ring is 1. The third kappa shape index (κ3) is 7.83. The van der Waals surface area contributed by atoms with Gasteiger partial charge in [0.25, 0.3) is 0 Å². The summed E-state index contributed by atoms with van der Waals surface area (Å²) >= 11 is 0. The van der Waals surface area contributed by atoms with Gasteiger partial charge in [0.05, 0.1) is 19.3 Å². The van der Waals surface area contributed by atoms with Crippen LogP contribution in [0.3, 0.4) is 0 Å². The lowest BCUT2D eigenvalue weighted by Gasteiger charge is -2.02. The fourth-order valence-electron chi connectivity index (χ4n) is 2.27. The number of nitrogens with two attached hydrogens (primary N) is 1. The molecule has 0 heterocycles. The third-order valence-corrected chi connectivity index (χ3v) is 3.68. The van der Waals surface area contributed by atoms with Gasteiger partial charge >= 0.3 is 11.9 Å². The van der Waals surface area contributed by atoms with Crippen molar-refractivity contribution < 1.29 is 19.1 Å². The number of esters is 2. The minimum absolute atomic E-state index is 0.118. The number of rotatable bonds is 6. The molecule has 0 bridgehead atoms. The zero-order chi connectivity index (χ0) is 19.4. The number of ether oxygens (including phenoxy) is 2.